The van der Waals surface area contributed by atoms with E-state index in [1.165, 1.54) is 5.57 Å². The molecule has 0 bridgehead atoms. The highest BCUT2D eigenvalue weighted by Crippen LogP contribution is 2.59. The Morgan fingerprint density at radius 1 is 0.912 bits per heavy atom. The van der Waals surface area contributed by atoms with Crippen molar-refractivity contribution in [3.63, 3.8) is 0 Å². The van der Waals surface area contributed by atoms with Crippen LogP contribution in [0.3, 0.4) is 0 Å². The number of allylic oxidation sites excluding steroid dienone is 2. The Balaban J connectivity index is 1.60. The zero-order valence-electron chi connectivity index (χ0n) is 23.0. The number of hydrogen-bond acceptors (Lipinski definition) is 4. The quantitative estimate of drug-likeness (QED) is 0.476. The van der Waals surface area contributed by atoms with E-state index in [9.17, 15) is 15.0 Å². The van der Waals surface area contributed by atoms with Crippen LogP contribution in [0.5, 0.6) is 0 Å². The van der Waals surface area contributed by atoms with E-state index in [0.717, 1.165) is 51.4 Å². The van der Waals surface area contributed by atoms with E-state index in [1.807, 2.05) is 27.7 Å². The summed E-state index contributed by atoms with van der Waals surface area (Å²) in [7, 11) is 0. The fourth-order valence-corrected chi connectivity index (χ4v) is 8.95. The SMILES string of the molecule is CC1=CC[C@H]2[C@H](CC[C@]2(C)O)C(C)(C)[C@@H]1CC[C@H]1[C@]2(C)CCC(=O)C(C)(C)O[C@@H]2CC[C@@]1(C)O. The van der Waals surface area contributed by atoms with Gasteiger partial charge in [0.1, 0.15) is 5.60 Å². The van der Waals surface area contributed by atoms with Crippen LogP contribution in [0.25, 0.3) is 0 Å². The van der Waals surface area contributed by atoms with Crippen LogP contribution in [0, 0.1) is 34.5 Å². The zero-order valence-corrected chi connectivity index (χ0v) is 23.0. The molecular formula is C30H50O4. The van der Waals surface area contributed by atoms with Crippen LogP contribution in [0.4, 0.5) is 0 Å². The van der Waals surface area contributed by atoms with E-state index in [-0.39, 0.29) is 28.6 Å². The van der Waals surface area contributed by atoms with Crippen LogP contribution in [0.1, 0.15) is 113 Å². The molecule has 1 saturated heterocycles. The van der Waals surface area contributed by atoms with E-state index in [4.69, 9.17) is 4.74 Å². The fraction of sp³-hybridized carbons (Fsp3) is 0.900. The van der Waals surface area contributed by atoms with E-state index < -0.39 is 16.8 Å². The summed E-state index contributed by atoms with van der Waals surface area (Å²) in [5.74, 6) is 1.54. The van der Waals surface area contributed by atoms with E-state index >= 15 is 0 Å². The lowest BCUT2D eigenvalue weighted by Gasteiger charge is -2.54. The molecular weight excluding hydrogens is 424 g/mol. The maximum Gasteiger partial charge on any atom is 0.164 e. The van der Waals surface area contributed by atoms with Gasteiger partial charge >= 0.3 is 0 Å². The van der Waals surface area contributed by atoms with Crippen molar-refractivity contribution in [1.29, 1.82) is 0 Å². The Hall–Kier alpha value is -0.710. The summed E-state index contributed by atoms with van der Waals surface area (Å²) in [4.78, 5) is 12.8. The number of carbonyl (C=O) groups is 1. The van der Waals surface area contributed by atoms with Crippen molar-refractivity contribution in [2.75, 3.05) is 0 Å². The Morgan fingerprint density at radius 2 is 1.56 bits per heavy atom. The van der Waals surface area contributed by atoms with Gasteiger partial charge in [-0.2, -0.15) is 0 Å². The molecule has 4 aliphatic rings. The topological polar surface area (TPSA) is 66.8 Å². The smallest absolute Gasteiger partial charge is 0.164 e. The number of hydrogen-bond donors (Lipinski definition) is 2. The molecule has 4 nitrogen and oxygen atoms in total. The Bertz CT molecular complexity index is 835. The van der Waals surface area contributed by atoms with Gasteiger partial charge in [-0.3, -0.25) is 4.79 Å². The largest absolute Gasteiger partial charge is 0.390 e. The van der Waals surface area contributed by atoms with Crippen LogP contribution in [0.2, 0.25) is 0 Å². The van der Waals surface area contributed by atoms with Crippen LogP contribution in [0.15, 0.2) is 11.6 Å². The Labute approximate surface area is 207 Å². The molecule has 2 N–H and O–H groups in total. The molecule has 3 fully saturated rings. The first kappa shape index (κ1) is 26.4. The number of aliphatic hydroxyl groups is 2. The van der Waals surface area contributed by atoms with Gasteiger partial charge in [0.05, 0.1) is 17.3 Å². The Morgan fingerprint density at radius 3 is 2.24 bits per heavy atom. The molecule has 3 aliphatic carbocycles. The molecule has 34 heavy (non-hydrogen) atoms. The average molecular weight is 475 g/mol. The summed E-state index contributed by atoms with van der Waals surface area (Å²) in [5, 5.41) is 22.7. The van der Waals surface area contributed by atoms with Crippen molar-refractivity contribution >= 4 is 5.78 Å². The lowest BCUT2D eigenvalue weighted by Crippen LogP contribution is -2.56. The van der Waals surface area contributed by atoms with Crippen molar-refractivity contribution in [3.05, 3.63) is 11.6 Å². The maximum absolute atomic E-state index is 12.8. The maximum atomic E-state index is 12.8. The summed E-state index contributed by atoms with van der Waals surface area (Å²) in [6.45, 7) is 17.3. The number of carbonyl (C=O) groups excluding carboxylic acids is 1. The van der Waals surface area contributed by atoms with Gasteiger partial charge in [0, 0.05) is 6.42 Å². The van der Waals surface area contributed by atoms with Crippen LogP contribution in [-0.4, -0.2) is 38.9 Å². The molecule has 0 spiro atoms. The van der Waals surface area contributed by atoms with Crippen LogP contribution >= 0.6 is 0 Å². The standard InChI is InChI=1S/C30H50O4/c1-19-9-10-22-21(13-17-29(22,7)32)26(2,3)20(19)11-12-23-28(6)16-14-24(31)27(4,5)34-25(28)15-18-30(23,8)33/h9,20-23,25,32-33H,10-18H2,1-8H3/t20-,21+,22+,23+,25-,28+,29+,30-/m1/s1. The predicted molar refractivity (Wildman–Crippen MR) is 136 cm³/mol. The third kappa shape index (κ3) is 4.24. The third-order valence-corrected chi connectivity index (χ3v) is 11.3. The second-order valence-corrected chi connectivity index (χ2v) is 14.2. The monoisotopic (exact) mass is 474 g/mol. The van der Waals surface area contributed by atoms with E-state index in [2.05, 4.69) is 33.8 Å². The lowest BCUT2D eigenvalue weighted by molar-refractivity contribution is -0.196. The molecule has 2 saturated carbocycles. The van der Waals surface area contributed by atoms with Gasteiger partial charge < -0.3 is 14.9 Å². The van der Waals surface area contributed by atoms with Gasteiger partial charge in [-0.15, -0.1) is 0 Å². The second-order valence-electron chi connectivity index (χ2n) is 14.2. The fourth-order valence-electron chi connectivity index (χ4n) is 8.95. The minimum atomic E-state index is -0.752. The molecule has 0 aromatic heterocycles. The summed E-state index contributed by atoms with van der Waals surface area (Å²) in [5.41, 5.74) is -0.733. The number of Topliss-reactive ketones (excluding diaryl/α,β-unsaturated/α-hetero) is 1. The van der Waals surface area contributed by atoms with Gasteiger partial charge in [0.25, 0.3) is 0 Å². The average Bonchev–Trinajstić information content (AvgIpc) is 2.93. The van der Waals surface area contributed by atoms with E-state index in [1.54, 1.807) is 0 Å². The Kier molecular flexibility index (Phi) is 6.52. The van der Waals surface area contributed by atoms with Gasteiger partial charge in [-0.25, -0.2) is 0 Å². The highest BCUT2D eigenvalue weighted by Gasteiger charge is 2.57. The summed E-state index contributed by atoms with van der Waals surface area (Å²) in [6.07, 6.45) is 10.2. The molecule has 1 heterocycles. The molecule has 0 amide bonds. The van der Waals surface area contributed by atoms with Crippen LogP contribution < -0.4 is 0 Å². The van der Waals surface area contributed by atoms with Crippen molar-refractivity contribution in [2.45, 2.75) is 136 Å². The van der Waals surface area contributed by atoms with Gasteiger partial charge in [-0.05, 0) is 120 Å². The van der Waals surface area contributed by atoms with Gasteiger partial charge in [0.15, 0.2) is 5.78 Å². The first-order valence-corrected chi connectivity index (χ1v) is 13.8. The molecule has 0 aromatic rings. The van der Waals surface area contributed by atoms with Crippen molar-refractivity contribution < 1.29 is 19.7 Å². The molecule has 0 aromatic carbocycles. The summed E-state index contributed by atoms with van der Waals surface area (Å²) < 4.78 is 6.50. The number of rotatable bonds is 3. The minimum absolute atomic E-state index is 0.00673. The third-order valence-electron chi connectivity index (χ3n) is 11.3. The first-order valence-electron chi connectivity index (χ1n) is 13.8. The van der Waals surface area contributed by atoms with E-state index in [0.29, 0.717) is 24.2 Å². The zero-order chi connectivity index (χ0) is 25.3. The highest BCUT2D eigenvalue weighted by molar-refractivity contribution is 5.86. The van der Waals surface area contributed by atoms with Crippen molar-refractivity contribution in [2.24, 2.45) is 34.5 Å². The normalized spacial score (nSPS) is 48.4. The predicted octanol–water partition coefficient (Wildman–Crippen LogP) is 6.23. The minimum Gasteiger partial charge on any atom is -0.390 e. The van der Waals surface area contributed by atoms with Crippen LogP contribution in [-0.2, 0) is 9.53 Å². The number of ketones is 1. The molecule has 4 heteroatoms. The molecule has 194 valence electrons. The van der Waals surface area contributed by atoms with Crippen molar-refractivity contribution in [3.8, 4) is 0 Å². The van der Waals surface area contributed by atoms with Gasteiger partial charge in [-0.1, -0.05) is 32.4 Å². The summed E-state index contributed by atoms with van der Waals surface area (Å²) in [6, 6.07) is 0. The number of fused-ring (bicyclic) bond motifs is 2. The molecule has 0 unspecified atom stereocenters. The summed E-state index contributed by atoms with van der Waals surface area (Å²) >= 11 is 0. The molecule has 0 radical (unpaired) electrons. The lowest BCUT2D eigenvalue weighted by atomic mass is 9.55. The van der Waals surface area contributed by atoms with Gasteiger partial charge in [0.2, 0.25) is 0 Å². The number of ether oxygens (including phenoxy) is 1. The second kappa shape index (κ2) is 8.42. The van der Waals surface area contributed by atoms with Crippen molar-refractivity contribution in [1.82, 2.24) is 0 Å². The molecule has 1 aliphatic heterocycles. The molecule has 4 rings (SSSR count). The first-order chi connectivity index (χ1) is 15.5. The molecule has 8 atom stereocenters. The highest BCUT2D eigenvalue weighted by atomic mass is 16.5.